The maximum absolute atomic E-state index is 10.8. The van der Waals surface area contributed by atoms with E-state index in [1.807, 2.05) is 39.0 Å². The maximum atomic E-state index is 10.8. The Morgan fingerprint density at radius 1 is 1.26 bits per heavy atom. The van der Waals surface area contributed by atoms with Crippen molar-refractivity contribution in [1.82, 2.24) is 19.6 Å². The number of aromatic nitrogens is 4. The van der Waals surface area contributed by atoms with Crippen molar-refractivity contribution >= 4 is 36.3 Å². The highest BCUT2D eigenvalue weighted by atomic mass is 19.3. The van der Waals surface area contributed by atoms with Crippen molar-refractivity contribution in [3.05, 3.63) is 30.1 Å². The summed E-state index contributed by atoms with van der Waals surface area (Å²) in [6, 6.07) is 5.76. The smallest absolute Gasteiger partial charge is 0.238 e. The van der Waals surface area contributed by atoms with Crippen LogP contribution in [-0.2, 0) is 0 Å². The van der Waals surface area contributed by atoms with Crippen molar-refractivity contribution in [2.45, 2.75) is 40.5 Å². The number of aryl methyl sites for hydroxylation is 1. The topological polar surface area (TPSA) is 81.5 Å². The summed E-state index contributed by atoms with van der Waals surface area (Å²) in [5.74, 6) is 0.138. The molecule has 3 aromatic heterocycles. The Bertz CT molecular complexity index is 964. The number of hydrogen-bond donors (Lipinski definition) is 1. The van der Waals surface area contributed by atoms with Crippen LogP contribution in [0.15, 0.2) is 29.4 Å². The fourth-order valence-corrected chi connectivity index (χ4v) is 2.34. The van der Waals surface area contributed by atoms with Gasteiger partial charge in [-0.05, 0) is 39.0 Å². The third-order valence-corrected chi connectivity index (χ3v) is 3.54. The minimum absolute atomic E-state index is 0.0278. The summed E-state index contributed by atoms with van der Waals surface area (Å²) in [7, 11) is 5.97. The van der Waals surface area contributed by atoms with Crippen LogP contribution < -0.4 is 11.3 Å². The second-order valence-electron chi connectivity index (χ2n) is 6.04. The van der Waals surface area contributed by atoms with Crippen LogP contribution >= 0.6 is 0 Å². The molecule has 2 N–H and O–H groups in total. The van der Waals surface area contributed by atoms with Gasteiger partial charge in [-0.1, -0.05) is 6.92 Å². The van der Waals surface area contributed by atoms with Crippen LogP contribution in [0.4, 0.5) is 20.4 Å². The van der Waals surface area contributed by atoms with E-state index < -0.39 is 6.43 Å². The van der Waals surface area contributed by atoms with E-state index >= 15 is 0 Å². The molecule has 3 rings (SSSR count). The van der Waals surface area contributed by atoms with Gasteiger partial charge in [0.25, 0.3) is 0 Å². The lowest BCUT2D eigenvalue weighted by molar-refractivity contribution is 0.144. The molecule has 6 nitrogen and oxygen atoms in total. The zero-order chi connectivity index (χ0) is 20.1. The van der Waals surface area contributed by atoms with Crippen molar-refractivity contribution in [2.75, 3.05) is 5.73 Å². The minimum atomic E-state index is -2.12. The van der Waals surface area contributed by atoms with Crippen LogP contribution in [0.3, 0.4) is 0 Å². The largest absolute Gasteiger partial charge is 0.367 e. The number of fused-ring (bicyclic) bond motifs is 1. The predicted octanol–water partition coefficient (Wildman–Crippen LogP) is 3.25. The van der Waals surface area contributed by atoms with Gasteiger partial charge in [0.2, 0.25) is 12.4 Å². The van der Waals surface area contributed by atoms with Crippen LogP contribution in [0, 0.1) is 6.92 Å². The van der Waals surface area contributed by atoms with E-state index in [1.165, 1.54) is 6.92 Å². The number of pyridine rings is 1. The molecule has 0 bridgehead atoms. The molecule has 3 heterocycles. The van der Waals surface area contributed by atoms with Crippen LogP contribution in [-0.4, -0.2) is 39.6 Å². The Labute approximate surface area is 158 Å². The standard InChI is InChI=1S/C15H15BN6.C3H6F2/c1-8(2)18-11-4-5-12(19-9(11)3)10-6-7-22-13(10)14(16)20-15(17)21-22;1-2-3(4)5/h4-7H,1-3H3,(H2,17,21);3H,2H2,1H3. The van der Waals surface area contributed by atoms with Gasteiger partial charge in [-0.2, -0.15) is 0 Å². The summed E-state index contributed by atoms with van der Waals surface area (Å²) in [6.07, 6.45) is -0.354. The Hall–Kier alpha value is -2.84. The van der Waals surface area contributed by atoms with Gasteiger partial charge in [0.15, 0.2) is 0 Å². The molecule has 0 amide bonds. The third-order valence-electron chi connectivity index (χ3n) is 3.54. The number of alkyl halides is 2. The van der Waals surface area contributed by atoms with Crippen LogP contribution in [0.2, 0.25) is 0 Å². The normalized spacial score (nSPS) is 10.6. The highest BCUT2D eigenvalue weighted by Gasteiger charge is 2.12. The molecule has 0 unspecified atom stereocenters. The van der Waals surface area contributed by atoms with Crippen molar-refractivity contribution in [3.8, 4) is 11.3 Å². The van der Waals surface area contributed by atoms with E-state index in [9.17, 15) is 8.78 Å². The monoisotopic (exact) mass is 370 g/mol. The van der Waals surface area contributed by atoms with Gasteiger partial charge in [-0.25, -0.2) is 18.3 Å². The molecule has 0 aliphatic rings. The molecule has 0 atom stereocenters. The molecule has 0 aromatic carbocycles. The van der Waals surface area contributed by atoms with Crippen LogP contribution in [0.25, 0.3) is 16.8 Å². The van der Waals surface area contributed by atoms with Gasteiger partial charge in [0.05, 0.1) is 22.6 Å². The van der Waals surface area contributed by atoms with E-state index in [0.29, 0.717) is 11.1 Å². The van der Waals surface area contributed by atoms with Gasteiger partial charge in [0.1, 0.15) is 7.85 Å². The lowest BCUT2D eigenvalue weighted by Gasteiger charge is -2.06. The van der Waals surface area contributed by atoms with Gasteiger partial charge in [-0.3, -0.25) is 9.98 Å². The first-order chi connectivity index (χ1) is 12.7. The number of nitrogens with zero attached hydrogens (tertiary/aromatic N) is 5. The number of aliphatic imine (C=N–C) groups is 1. The summed E-state index contributed by atoms with van der Waals surface area (Å²) >= 11 is 0. The molecule has 2 radical (unpaired) electrons. The van der Waals surface area contributed by atoms with Crippen molar-refractivity contribution in [2.24, 2.45) is 4.99 Å². The molecule has 27 heavy (non-hydrogen) atoms. The number of rotatable bonds is 3. The highest BCUT2D eigenvalue weighted by molar-refractivity contribution is 6.36. The molecule has 0 aliphatic carbocycles. The number of hydrogen-bond acceptors (Lipinski definition) is 5. The summed E-state index contributed by atoms with van der Waals surface area (Å²) in [5, 5.41) is 4.12. The predicted molar refractivity (Wildman–Crippen MR) is 105 cm³/mol. The average Bonchev–Trinajstić information content (AvgIpc) is 3.01. The molecule has 0 fully saturated rings. The van der Waals surface area contributed by atoms with Crippen molar-refractivity contribution < 1.29 is 8.78 Å². The van der Waals surface area contributed by atoms with E-state index in [4.69, 9.17) is 13.6 Å². The molecule has 0 spiro atoms. The van der Waals surface area contributed by atoms with Crippen molar-refractivity contribution in [3.63, 3.8) is 0 Å². The highest BCUT2D eigenvalue weighted by Crippen LogP contribution is 2.26. The van der Waals surface area contributed by atoms with E-state index in [0.717, 1.165) is 28.4 Å². The lowest BCUT2D eigenvalue weighted by atomic mass is 10.00. The number of halogens is 2. The van der Waals surface area contributed by atoms with E-state index in [2.05, 4.69) is 20.1 Å². The zero-order valence-electron chi connectivity index (χ0n) is 15.7. The first-order valence-electron chi connectivity index (χ1n) is 8.41. The quantitative estimate of drug-likeness (QED) is 0.567. The third kappa shape index (κ3) is 5.09. The summed E-state index contributed by atoms with van der Waals surface area (Å²) < 4.78 is 23.1. The Morgan fingerprint density at radius 3 is 2.48 bits per heavy atom. The first-order valence-corrected chi connectivity index (χ1v) is 8.41. The molecule has 140 valence electrons. The zero-order valence-corrected chi connectivity index (χ0v) is 15.7. The van der Waals surface area contributed by atoms with Gasteiger partial charge < -0.3 is 5.73 Å². The molecular formula is C18H21BF2N6. The van der Waals surface area contributed by atoms with Crippen LogP contribution in [0.5, 0.6) is 0 Å². The van der Waals surface area contributed by atoms with Crippen LogP contribution in [0.1, 0.15) is 32.9 Å². The fourth-order valence-electron chi connectivity index (χ4n) is 2.34. The molecule has 9 heteroatoms. The molecule has 0 saturated heterocycles. The number of anilines is 1. The maximum Gasteiger partial charge on any atom is 0.238 e. The lowest BCUT2D eigenvalue weighted by Crippen LogP contribution is -2.17. The Balaban J connectivity index is 0.000000465. The fraction of sp³-hybridized carbons (Fsp3) is 0.333. The number of nitrogens with two attached hydrogens (primary N) is 1. The molecule has 3 aromatic rings. The van der Waals surface area contributed by atoms with E-state index in [-0.39, 0.29) is 12.4 Å². The summed E-state index contributed by atoms with van der Waals surface area (Å²) in [5.41, 5.74) is 11.0. The SMILES string of the molecule is CCC(F)F.[B]c1nc(N)nn2ccc(-c3ccc(N=C(C)C)c(C)n3)c12. The summed E-state index contributed by atoms with van der Waals surface area (Å²) in [4.78, 5) is 13.1. The molecule has 0 saturated carbocycles. The van der Waals surface area contributed by atoms with Gasteiger partial charge >= 0.3 is 0 Å². The molecule has 0 aliphatic heterocycles. The van der Waals surface area contributed by atoms with Crippen molar-refractivity contribution in [1.29, 1.82) is 0 Å². The molecular weight excluding hydrogens is 349 g/mol. The van der Waals surface area contributed by atoms with Gasteiger partial charge in [-0.15, -0.1) is 5.10 Å². The van der Waals surface area contributed by atoms with Gasteiger partial charge in [0, 0.05) is 29.5 Å². The first kappa shape index (κ1) is 20.5. The summed E-state index contributed by atoms with van der Waals surface area (Å²) in [6.45, 7) is 7.29. The second kappa shape index (κ2) is 8.70. The minimum Gasteiger partial charge on any atom is -0.367 e. The average molecular weight is 370 g/mol. The Kier molecular flexibility index (Phi) is 6.60. The second-order valence-corrected chi connectivity index (χ2v) is 6.04. The Morgan fingerprint density at radius 2 is 1.93 bits per heavy atom. The van der Waals surface area contributed by atoms with E-state index in [1.54, 1.807) is 10.7 Å². The number of nitrogen functional groups attached to an aromatic ring is 1.